The summed E-state index contributed by atoms with van der Waals surface area (Å²) in [7, 11) is 0. The summed E-state index contributed by atoms with van der Waals surface area (Å²) in [4.78, 5) is 21.9. The summed E-state index contributed by atoms with van der Waals surface area (Å²) in [6.07, 6.45) is 4.34. The molecule has 1 heterocycles. The maximum absolute atomic E-state index is 11.1. The van der Waals surface area contributed by atoms with Gasteiger partial charge in [-0.05, 0) is 17.5 Å². The number of cyclic esters (lactones) is 2. The molecule has 0 aliphatic carbocycles. The van der Waals surface area contributed by atoms with Crippen molar-refractivity contribution in [2.75, 3.05) is 0 Å². The van der Waals surface area contributed by atoms with E-state index in [0.717, 1.165) is 5.56 Å². The first-order valence-corrected chi connectivity index (χ1v) is 7.34. The zero-order valence-corrected chi connectivity index (χ0v) is 12.8. The number of hydrogen-bond acceptors (Lipinski definition) is 3. The largest absolute Gasteiger partial charge is 0.389 e. The van der Waals surface area contributed by atoms with E-state index in [-0.39, 0.29) is 6.42 Å². The van der Waals surface area contributed by atoms with E-state index in [0.29, 0.717) is 12.0 Å². The van der Waals surface area contributed by atoms with Crippen molar-refractivity contribution in [2.24, 2.45) is 0 Å². The average molecular weight is 306 g/mol. The van der Waals surface area contributed by atoms with Gasteiger partial charge in [0.05, 0.1) is 6.42 Å². The van der Waals surface area contributed by atoms with Gasteiger partial charge in [0, 0.05) is 5.57 Å². The van der Waals surface area contributed by atoms with Gasteiger partial charge < -0.3 is 4.74 Å². The van der Waals surface area contributed by atoms with E-state index in [1.165, 1.54) is 5.56 Å². The molecule has 0 spiro atoms. The van der Waals surface area contributed by atoms with E-state index in [2.05, 4.69) is 11.3 Å². The Bertz CT molecular complexity index is 700. The fourth-order valence-electron chi connectivity index (χ4n) is 2.03. The first-order valence-electron chi connectivity index (χ1n) is 7.34. The minimum absolute atomic E-state index is 0.103. The number of rotatable bonds is 3. The van der Waals surface area contributed by atoms with E-state index >= 15 is 0 Å². The summed E-state index contributed by atoms with van der Waals surface area (Å²) in [5.74, 6) is -0.963. The second-order valence-corrected chi connectivity index (χ2v) is 4.97. The maximum atomic E-state index is 11.1. The third-order valence-electron chi connectivity index (χ3n) is 3.27. The quantitative estimate of drug-likeness (QED) is 0.490. The molecule has 0 aromatic heterocycles. The van der Waals surface area contributed by atoms with Crippen LogP contribution in [0, 0.1) is 0 Å². The van der Waals surface area contributed by atoms with Crippen LogP contribution in [0.4, 0.5) is 0 Å². The lowest BCUT2D eigenvalue weighted by atomic mass is 10.1. The van der Waals surface area contributed by atoms with Gasteiger partial charge in [0.2, 0.25) is 0 Å². The average Bonchev–Trinajstić information content (AvgIpc) is 2.93. The SMILES string of the molecule is C=Cc1ccccc1.O=C1CC(=CCc2ccccc2)C(=O)O1. The van der Waals surface area contributed by atoms with Crippen molar-refractivity contribution in [3.63, 3.8) is 0 Å². The highest BCUT2D eigenvalue weighted by Gasteiger charge is 2.26. The van der Waals surface area contributed by atoms with Crippen LogP contribution in [0.5, 0.6) is 0 Å². The lowest BCUT2D eigenvalue weighted by Crippen LogP contribution is -1.97. The summed E-state index contributed by atoms with van der Waals surface area (Å²) >= 11 is 0. The van der Waals surface area contributed by atoms with Crippen molar-refractivity contribution in [1.82, 2.24) is 0 Å². The predicted molar refractivity (Wildman–Crippen MR) is 90.5 cm³/mol. The molecule has 0 radical (unpaired) electrons. The van der Waals surface area contributed by atoms with Crippen molar-refractivity contribution >= 4 is 18.0 Å². The molecule has 0 atom stereocenters. The molecule has 0 unspecified atom stereocenters. The number of carbonyl (C=O) groups is 2. The van der Waals surface area contributed by atoms with Crippen LogP contribution in [-0.2, 0) is 20.7 Å². The molecular weight excluding hydrogens is 288 g/mol. The molecule has 0 N–H and O–H groups in total. The van der Waals surface area contributed by atoms with Crippen molar-refractivity contribution < 1.29 is 14.3 Å². The Balaban J connectivity index is 0.000000203. The van der Waals surface area contributed by atoms with Gasteiger partial charge in [0.1, 0.15) is 0 Å². The number of ether oxygens (including phenoxy) is 1. The Labute approximate surface area is 135 Å². The van der Waals surface area contributed by atoms with E-state index < -0.39 is 11.9 Å². The molecule has 23 heavy (non-hydrogen) atoms. The molecule has 2 aromatic carbocycles. The maximum Gasteiger partial charge on any atom is 0.341 e. The van der Waals surface area contributed by atoms with Gasteiger partial charge >= 0.3 is 11.9 Å². The van der Waals surface area contributed by atoms with Crippen LogP contribution in [0.3, 0.4) is 0 Å². The molecule has 0 saturated carbocycles. The van der Waals surface area contributed by atoms with E-state index in [1.54, 1.807) is 6.08 Å². The second-order valence-electron chi connectivity index (χ2n) is 4.97. The summed E-state index contributed by atoms with van der Waals surface area (Å²) in [5.41, 5.74) is 2.74. The number of benzene rings is 2. The minimum Gasteiger partial charge on any atom is -0.389 e. The van der Waals surface area contributed by atoms with Crippen molar-refractivity contribution in [3.05, 3.63) is 90.0 Å². The molecule has 1 aliphatic heterocycles. The molecule has 1 fully saturated rings. The molecule has 3 nitrogen and oxygen atoms in total. The van der Waals surface area contributed by atoms with Crippen LogP contribution in [0.25, 0.3) is 6.08 Å². The van der Waals surface area contributed by atoms with Gasteiger partial charge in [0.25, 0.3) is 0 Å². The Hall–Kier alpha value is -2.94. The van der Waals surface area contributed by atoms with Crippen LogP contribution in [0.2, 0.25) is 0 Å². The van der Waals surface area contributed by atoms with Crippen molar-refractivity contribution in [1.29, 1.82) is 0 Å². The van der Waals surface area contributed by atoms with E-state index in [1.807, 2.05) is 66.7 Å². The third kappa shape index (κ3) is 5.40. The Morgan fingerprint density at radius 1 is 0.957 bits per heavy atom. The summed E-state index contributed by atoms with van der Waals surface area (Å²) in [6.45, 7) is 3.63. The lowest BCUT2D eigenvalue weighted by molar-refractivity contribution is -0.151. The molecule has 1 saturated heterocycles. The predicted octanol–water partition coefficient (Wildman–Crippen LogP) is 3.96. The van der Waals surface area contributed by atoms with Gasteiger partial charge in [0.15, 0.2) is 0 Å². The van der Waals surface area contributed by atoms with Gasteiger partial charge in [-0.3, -0.25) is 4.79 Å². The molecule has 3 rings (SSSR count). The molecule has 0 amide bonds. The highest BCUT2D eigenvalue weighted by Crippen LogP contribution is 2.15. The fourth-order valence-corrected chi connectivity index (χ4v) is 2.03. The molecular formula is C20H18O3. The van der Waals surface area contributed by atoms with Crippen LogP contribution < -0.4 is 0 Å². The van der Waals surface area contributed by atoms with Crippen molar-refractivity contribution in [3.8, 4) is 0 Å². The lowest BCUT2D eigenvalue weighted by Gasteiger charge is -1.95. The third-order valence-corrected chi connectivity index (χ3v) is 3.27. The smallest absolute Gasteiger partial charge is 0.341 e. The van der Waals surface area contributed by atoms with Crippen LogP contribution in [-0.4, -0.2) is 11.9 Å². The standard InChI is InChI=1S/C12H10O3.C8H8/c13-11-8-10(12(14)15-11)7-6-9-4-2-1-3-5-9;1-2-8-6-4-3-5-7-8/h1-5,7H,6,8H2;2-7H,1H2. The summed E-state index contributed by atoms with van der Waals surface area (Å²) in [6, 6.07) is 19.8. The summed E-state index contributed by atoms with van der Waals surface area (Å²) < 4.78 is 4.42. The molecule has 0 bridgehead atoms. The Kier molecular flexibility index (Phi) is 6.07. The first-order chi connectivity index (χ1) is 11.2. The normalized spacial score (nSPS) is 14.9. The van der Waals surface area contributed by atoms with Gasteiger partial charge in [-0.15, -0.1) is 0 Å². The number of allylic oxidation sites excluding steroid dienone is 1. The topological polar surface area (TPSA) is 43.4 Å². The number of hydrogen-bond donors (Lipinski definition) is 0. The highest BCUT2D eigenvalue weighted by atomic mass is 16.6. The number of carbonyl (C=O) groups excluding carboxylic acids is 2. The van der Waals surface area contributed by atoms with Gasteiger partial charge in [-0.25, -0.2) is 4.79 Å². The minimum atomic E-state index is -0.504. The van der Waals surface area contributed by atoms with Crippen molar-refractivity contribution in [2.45, 2.75) is 12.8 Å². The molecule has 3 heteroatoms. The van der Waals surface area contributed by atoms with Gasteiger partial charge in [-0.1, -0.05) is 79.4 Å². The van der Waals surface area contributed by atoms with Crippen LogP contribution in [0.15, 0.2) is 78.9 Å². The highest BCUT2D eigenvalue weighted by molar-refractivity contribution is 6.05. The zero-order valence-electron chi connectivity index (χ0n) is 12.8. The fraction of sp³-hybridized carbons (Fsp3) is 0.100. The molecule has 116 valence electrons. The van der Waals surface area contributed by atoms with Crippen LogP contribution >= 0.6 is 0 Å². The Morgan fingerprint density at radius 2 is 1.57 bits per heavy atom. The van der Waals surface area contributed by atoms with Crippen LogP contribution in [0.1, 0.15) is 17.5 Å². The molecule has 2 aromatic rings. The number of esters is 2. The second kappa shape index (κ2) is 8.49. The van der Waals surface area contributed by atoms with E-state index in [9.17, 15) is 9.59 Å². The zero-order chi connectivity index (χ0) is 16.5. The van der Waals surface area contributed by atoms with Gasteiger partial charge in [-0.2, -0.15) is 0 Å². The molecule has 1 aliphatic rings. The Morgan fingerprint density at radius 3 is 2.04 bits per heavy atom. The van der Waals surface area contributed by atoms with E-state index in [4.69, 9.17) is 0 Å². The monoisotopic (exact) mass is 306 g/mol. The first kappa shape index (κ1) is 16.4. The summed E-state index contributed by atoms with van der Waals surface area (Å²) in [5, 5.41) is 0.